The number of carbonyl (C=O) groups is 3. The molecule has 2 aromatic carbocycles. The van der Waals surface area contributed by atoms with Gasteiger partial charge in [-0.25, -0.2) is 18.0 Å². The number of esters is 1. The van der Waals surface area contributed by atoms with Gasteiger partial charge in [0.05, 0.1) is 17.8 Å². The molecule has 6 nitrogen and oxygen atoms in total. The van der Waals surface area contributed by atoms with Crippen molar-refractivity contribution in [1.82, 2.24) is 5.32 Å². The Balaban J connectivity index is 1.82. The first-order valence-corrected chi connectivity index (χ1v) is 8.14. The van der Waals surface area contributed by atoms with Crippen LogP contribution in [0.1, 0.15) is 21.5 Å². The number of nitrogens with one attached hydrogen (secondary N) is 2. The van der Waals surface area contributed by atoms with E-state index in [1.54, 1.807) is 19.1 Å². The van der Waals surface area contributed by atoms with E-state index in [4.69, 9.17) is 4.74 Å². The van der Waals surface area contributed by atoms with Crippen LogP contribution in [0.15, 0.2) is 30.3 Å². The van der Waals surface area contributed by atoms with Gasteiger partial charge in [0.25, 0.3) is 5.91 Å². The highest BCUT2D eigenvalue weighted by Crippen LogP contribution is 2.19. The van der Waals surface area contributed by atoms with Crippen LogP contribution in [0.5, 0.6) is 0 Å². The number of hydrogen-bond acceptors (Lipinski definition) is 4. The lowest BCUT2D eigenvalue weighted by Crippen LogP contribution is -2.35. The molecule has 0 aliphatic rings. The molecule has 0 atom stereocenters. The molecule has 0 unspecified atom stereocenters. The number of ether oxygens (including phenoxy) is 1. The average Bonchev–Trinajstić information content (AvgIpc) is 2.67. The first-order valence-electron chi connectivity index (χ1n) is 8.14. The maximum Gasteiger partial charge on any atom is 0.338 e. The second-order valence-corrected chi connectivity index (χ2v) is 5.87. The molecule has 28 heavy (non-hydrogen) atoms. The minimum atomic E-state index is -1.72. The molecule has 0 saturated heterocycles. The van der Waals surface area contributed by atoms with Crippen molar-refractivity contribution in [2.24, 2.45) is 0 Å². The summed E-state index contributed by atoms with van der Waals surface area (Å²) in [6, 6.07) is 6.57. The largest absolute Gasteiger partial charge is 0.452 e. The van der Waals surface area contributed by atoms with Crippen molar-refractivity contribution >= 4 is 23.5 Å². The third-order valence-corrected chi connectivity index (χ3v) is 3.91. The van der Waals surface area contributed by atoms with Crippen molar-refractivity contribution < 1.29 is 32.3 Å². The van der Waals surface area contributed by atoms with Crippen molar-refractivity contribution in [3.63, 3.8) is 0 Å². The van der Waals surface area contributed by atoms with E-state index in [0.717, 1.165) is 17.2 Å². The molecular formula is C19H17F3N2O4. The number of amides is 2. The highest BCUT2D eigenvalue weighted by molar-refractivity contribution is 5.96. The maximum absolute atomic E-state index is 13.5. The zero-order valence-corrected chi connectivity index (χ0v) is 15.1. The summed E-state index contributed by atoms with van der Waals surface area (Å²) in [6.07, 6.45) is 0. The van der Waals surface area contributed by atoms with Gasteiger partial charge in [0.15, 0.2) is 24.1 Å². The van der Waals surface area contributed by atoms with E-state index in [-0.39, 0.29) is 0 Å². The van der Waals surface area contributed by atoms with Crippen molar-refractivity contribution in [2.75, 3.05) is 18.5 Å². The summed E-state index contributed by atoms with van der Waals surface area (Å²) in [5, 5.41) is 4.16. The smallest absolute Gasteiger partial charge is 0.338 e. The zero-order valence-electron chi connectivity index (χ0n) is 15.1. The van der Waals surface area contributed by atoms with Crippen LogP contribution in [0.2, 0.25) is 0 Å². The highest BCUT2D eigenvalue weighted by atomic mass is 19.2. The topological polar surface area (TPSA) is 84.5 Å². The number of carbonyl (C=O) groups excluding carboxylic acids is 3. The molecule has 2 N–H and O–H groups in total. The third-order valence-electron chi connectivity index (χ3n) is 3.91. The van der Waals surface area contributed by atoms with Crippen LogP contribution in [-0.4, -0.2) is 30.9 Å². The predicted molar refractivity (Wildman–Crippen MR) is 94.2 cm³/mol. The van der Waals surface area contributed by atoms with Crippen molar-refractivity contribution in [3.8, 4) is 0 Å². The fourth-order valence-electron chi connectivity index (χ4n) is 2.23. The van der Waals surface area contributed by atoms with Crippen LogP contribution in [0, 0.1) is 31.3 Å². The van der Waals surface area contributed by atoms with Gasteiger partial charge < -0.3 is 15.4 Å². The lowest BCUT2D eigenvalue weighted by Gasteiger charge is -2.10. The molecule has 2 rings (SSSR count). The Morgan fingerprint density at radius 1 is 0.964 bits per heavy atom. The molecule has 0 spiro atoms. The lowest BCUT2D eigenvalue weighted by atomic mass is 10.0. The molecule has 0 fully saturated rings. The third kappa shape index (κ3) is 5.09. The normalized spacial score (nSPS) is 10.3. The van der Waals surface area contributed by atoms with Gasteiger partial charge in [-0.05, 0) is 43.2 Å². The highest BCUT2D eigenvalue weighted by Gasteiger charge is 2.16. The number of anilines is 1. The monoisotopic (exact) mass is 394 g/mol. The van der Waals surface area contributed by atoms with Crippen LogP contribution in [-0.2, 0) is 14.3 Å². The predicted octanol–water partition coefficient (Wildman–Crippen LogP) is 2.63. The molecule has 0 bridgehead atoms. The summed E-state index contributed by atoms with van der Waals surface area (Å²) in [6.45, 7) is 2.36. The van der Waals surface area contributed by atoms with Gasteiger partial charge in [-0.1, -0.05) is 12.1 Å². The zero-order chi connectivity index (χ0) is 20.8. The summed E-state index contributed by atoms with van der Waals surface area (Å²) in [7, 11) is 0. The molecule has 0 radical (unpaired) electrons. The van der Waals surface area contributed by atoms with Gasteiger partial charge in [-0.2, -0.15) is 0 Å². The Hall–Kier alpha value is -3.36. The van der Waals surface area contributed by atoms with Crippen molar-refractivity contribution in [3.05, 3.63) is 64.5 Å². The Morgan fingerprint density at radius 2 is 1.68 bits per heavy atom. The summed E-state index contributed by atoms with van der Waals surface area (Å²) >= 11 is 0. The van der Waals surface area contributed by atoms with Gasteiger partial charge in [-0.15, -0.1) is 0 Å². The summed E-state index contributed by atoms with van der Waals surface area (Å²) in [5.74, 6) is -7.00. The van der Waals surface area contributed by atoms with Crippen LogP contribution in [0.4, 0.5) is 18.9 Å². The van der Waals surface area contributed by atoms with Crippen LogP contribution < -0.4 is 10.6 Å². The van der Waals surface area contributed by atoms with Crippen molar-refractivity contribution in [1.29, 1.82) is 0 Å². The molecule has 0 saturated carbocycles. The number of benzene rings is 2. The van der Waals surface area contributed by atoms with Crippen LogP contribution in [0.25, 0.3) is 0 Å². The molecular weight excluding hydrogens is 377 g/mol. The van der Waals surface area contributed by atoms with E-state index in [1.165, 1.54) is 0 Å². The quantitative estimate of drug-likeness (QED) is 0.583. The number of halogens is 3. The fraction of sp³-hybridized carbons (Fsp3) is 0.211. The average molecular weight is 394 g/mol. The van der Waals surface area contributed by atoms with Gasteiger partial charge in [0, 0.05) is 0 Å². The van der Waals surface area contributed by atoms with Crippen molar-refractivity contribution in [2.45, 2.75) is 13.8 Å². The lowest BCUT2D eigenvalue weighted by molar-refractivity contribution is -0.126. The van der Waals surface area contributed by atoms with Crippen LogP contribution >= 0.6 is 0 Å². The van der Waals surface area contributed by atoms with Gasteiger partial charge in [-0.3, -0.25) is 9.59 Å². The van der Waals surface area contributed by atoms with Gasteiger partial charge in [0.2, 0.25) is 5.91 Å². The molecule has 2 amide bonds. The molecule has 148 valence electrons. The van der Waals surface area contributed by atoms with E-state index in [1.807, 2.05) is 18.3 Å². The Morgan fingerprint density at radius 3 is 2.39 bits per heavy atom. The van der Waals surface area contributed by atoms with E-state index >= 15 is 0 Å². The summed E-state index contributed by atoms with van der Waals surface area (Å²) < 4.78 is 44.3. The fourth-order valence-corrected chi connectivity index (χ4v) is 2.23. The SMILES string of the molecule is Cc1cccc(C(=O)OCC(=O)NCC(=O)Nc2ccc(F)c(F)c2F)c1C. The van der Waals surface area contributed by atoms with E-state index in [2.05, 4.69) is 5.32 Å². The Kier molecular flexibility index (Phi) is 6.75. The molecule has 2 aromatic rings. The van der Waals surface area contributed by atoms with Gasteiger partial charge >= 0.3 is 5.97 Å². The molecule has 9 heteroatoms. The summed E-state index contributed by atoms with van der Waals surface area (Å²) in [5.41, 5.74) is 1.36. The first kappa shape index (κ1) is 20.9. The number of aryl methyl sites for hydroxylation is 1. The standard InChI is InChI=1S/C19H17F3N2O4/c1-10-4-3-5-12(11(10)2)19(27)28-9-16(26)23-8-15(25)24-14-7-6-13(20)17(21)18(14)22/h3-7H,8-9H2,1-2H3,(H,23,26)(H,24,25). The number of hydrogen-bond donors (Lipinski definition) is 2. The Labute approximate surface area is 158 Å². The van der Waals surface area contributed by atoms with Crippen LogP contribution in [0.3, 0.4) is 0 Å². The minimum absolute atomic E-state index is 0.319. The molecule has 0 heterocycles. The molecule has 0 aromatic heterocycles. The van der Waals surface area contributed by atoms with Gasteiger partial charge in [0.1, 0.15) is 0 Å². The first-order chi connectivity index (χ1) is 13.2. The summed E-state index contributed by atoms with van der Waals surface area (Å²) in [4.78, 5) is 35.4. The number of rotatable bonds is 6. The minimum Gasteiger partial charge on any atom is -0.452 e. The molecule has 0 aliphatic carbocycles. The van der Waals surface area contributed by atoms with E-state index in [9.17, 15) is 27.6 Å². The van der Waals surface area contributed by atoms with E-state index < -0.39 is 54.1 Å². The van der Waals surface area contributed by atoms with E-state index in [0.29, 0.717) is 11.6 Å². The maximum atomic E-state index is 13.5. The second-order valence-electron chi connectivity index (χ2n) is 5.87. The molecule has 0 aliphatic heterocycles. The second kappa shape index (κ2) is 9.03. The Bertz CT molecular complexity index is 932.